The van der Waals surface area contributed by atoms with Gasteiger partial charge in [0.25, 0.3) is 0 Å². The molecule has 2 aromatic rings. The van der Waals surface area contributed by atoms with Crippen molar-refractivity contribution in [2.75, 3.05) is 6.54 Å². The first-order chi connectivity index (χ1) is 9.11. The Bertz CT molecular complexity index is 556. The quantitative estimate of drug-likeness (QED) is 0.846. The van der Waals surface area contributed by atoms with Crippen molar-refractivity contribution in [3.05, 3.63) is 39.8 Å². The number of hydrogen-bond donors (Lipinski definition) is 1. The minimum atomic E-state index is 0.0999. The van der Waals surface area contributed by atoms with Crippen molar-refractivity contribution >= 4 is 27.5 Å². The van der Waals surface area contributed by atoms with Crippen LogP contribution in [-0.2, 0) is 0 Å². The van der Waals surface area contributed by atoms with Gasteiger partial charge in [0.1, 0.15) is 0 Å². The molecule has 0 saturated heterocycles. The van der Waals surface area contributed by atoms with Gasteiger partial charge in [-0.15, -0.1) is 0 Å². The molecule has 1 atom stereocenters. The predicted molar refractivity (Wildman–Crippen MR) is 81.4 cm³/mol. The standard InChI is InChI=1S/C14H16BrClN2O/c1-3-6-17-9(2)14-18-8-13(19-14)11-5-4-10(15)7-12(11)16/h4-5,7-9,17H,3,6H2,1-2H3. The average molecular weight is 344 g/mol. The van der Waals surface area contributed by atoms with E-state index in [1.807, 2.05) is 25.1 Å². The van der Waals surface area contributed by atoms with Gasteiger partial charge in [-0.2, -0.15) is 0 Å². The van der Waals surface area contributed by atoms with Gasteiger partial charge in [0.2, 0.25) is 5.89 Å². The minimum absolute atomic E-state index is 0.0999. The SMILES string of the molecule is CCCNC(C)c1ncc(-c2ccc(Br)cc2Cl)o1. The van der Waals surface area contributed by atoms with E-state index < -0.39 is 0 Å². The fourth-order valence-corrected chi connectivity index (χ4v) is 2.52. The fraction of sp³-hybridized carbons (Fsp3) is 0.357. The number of nitrogens with one attached hydrogen (secondary N) is 1. The van der Waals surface area contributed by atoms with Crippen molar-refractivity contribution < 1.29 is 4.42 Å². The molecule has 3 nitrogen and oxygen atoms in total. The highest BCUT2D eigenvalue weighted by Crippen LogP contribution is 2.31. The van der Waals surface area contributed by atoms with Gasteiger partial charge in [0.15, 0.2) is 5.76 Å². The second-order valence-electron chi connectivity index (χ2n) is 4.36. The molecule has 0 spiro atoms. The van der Waals surface area contributed by atoms with Crippen LogP contribution < -0.4 is 5.32 Å². The summed E-state index contributed by atoms with van der Waals surface area (Å²) in [5.74, 6) is 1.38. The maximum atomic E-state index is 6.20. The highest BCUT2D eigenvalue weighted by atomic mass is 79.9. The van der Waals surface area contributed by atoms with E-state index in [1.165, 1.54) is 0 Å². The Morgan fingerprint density at radius 3 is 2.95 bits per heavy atom. The molecule has 1 unspecified atom stereocenters. The summed E-state index contributed by atoms with van der Waals surface area (Å²) < 4.78 is 6.72. The summed E-state index contributed by atoms with van der Waals surface area (Å²) in [5, 5.41) is 3.99. The van der Waals surface area contributed by atoms with E-state index in [1.54, 1.807) is 6.20 Å². The van der Waals surface area contributed by atoms with Crippen LogP contribution in [0, 0.1) is 0 Å². The summed E-state index contributed by atoms with van der Waals surface area (Å²) >= 11 is 9.59. The molecule has 0 bridgehead atoms. The first kappa shape index (κ1) is 14.6. The van der Waals surface area contributed by atoms with Crippen molar-refractivity contribution in [3.8, 4) is 11.3 Å². The number of nitrogens with zero attached hydrogens (tertiary/aromatic N) is 1. The summed E-state index contributed by atoms with van der Waals surface area (Å²) in [5.41, 5.74) is 0.853. The lowest BCUT2D eigenvalue weighted by atomic mass is 10.2. The number of hydrogen-bond acceptors (Lipinski definition) is 3. The molecule has 19 heavy (non-hydrogen) atoms. The lowest BCUT2D eigenvalue weighted by Crippen LogP contribution is -2.19. The van der Waals surface area contributed by atoms with Gasteiger partial charge in [0.05, 0.1) is 17.3 Å². The Hall–Kier alpha value is -0.840. The molecule has 0 fully saturated rings. The number of rotatable bonds is 5. The van der Waals surface area contributed by atoms with Crippen LogP contribution in [0.1, 0.15) is 32.2 Å². The zero-order chi connectivity index (χ0) is 13.8. The Morgan fingerprint density at radius 1 is 1.47 bits per heavy atom. The summed E-state index contributed by atoms with van der Waals surface area (Å²) in [4.78, 5) is 4.31. The smallest absolute Gasteiger partial charge is 0.211 e. The molecule has 1 aromatic heterocycles. The van der Waals surface area contributed by atoms with E-state index in [9.17, 15) is 0 Å². The highest BCUT2D eigenvalue weighted by Gasteiger charge is 2.14. The zero-order valence-electron chi connectivity index (χ0n) is 10.9. The maximum absolute atomic E-state index is 6.20. The third-order valence-corrected chi connectivity index (χ3v) is 3.60. The van der Waals surface area contributed by atoms with E-state index in [2.05, 4.69) is 33.2 Å². The van der Waals surface area contributed by atoms with Gasteiger partial charge in [-0.05, 0) is 38.1 Å². The second-order valence-corrected chi connectivity index (χ2v) is 5.69. The van der Waals surface area contributed by atoms with E-state index in [4.69, 9.17) is 16.0 Å². The number of oxazole rings is 1. The van der Waals surface area contributed by atoms with Crippen LogP contribution in [0.4, 0.5) is 0 Å². The molecule has 1 N–H and O–H groups in total. The lowest BCUT2D eigenvalue weighted by molar-refractivity contribution is 0.423. The largest absolute Gasteiger partial charge is 0.439 e. The fourth-order valence-electron chi connectivity index (χ4n) is 1.75. The van der Waals surface area contributed by atoms with E-state index in [-0.39, 0.29) is 6.04 Å². The topological polar surface area (TPSA) is 38.1 Å². The number of aromatic nitrogens is 1. The van der Waals surface area contributed by atoms with Crippen molar-refractivity contribution in [2.24, 2.45) is 0 Å². The first-order valence-electron chi connectivity index (χ1n) is 6.26. The third kappa shape index (κ3) is 3.59. The van der Waals surface area contributed by atoms with Gasteiger partial charge < -0.3 is 9.73 Å². The first-order valence-corrected chi connectivity index (χ1v) is 7.43. The van der Waals surface area contributed by atoms with Crippen LogP contribution in [0.25, 0.3) is 11.3 Å². The van der Waals surface area contributed by atoms with E-state index in [0.29, 0.717) is 16.7 Å². The summed E-state index contributed by atoms with van der Waals surface area (Å²) in [6.45, 7) is 5.11. The molecular formula is C14H16BrClN2O. The molecule has 0 amide bonds. The van der Waals surface area contributed by atoms with E-state index in [0.717, 1.165) is 23.0 Å². The van der Waals surface area contributed by atoms with Gasteiger partial charge in [0, 0.05) is 10.0 Å². The molecule has 1 aromatic carbocycles. The van der Waals surface area contributed by atoms with Crippen molar-refractivity contribution in [2.45, 2.75) is 26.3 Å². The van der Waals surface area contributed by atoms with Crippen LogP contribution in [0.3, 0.4) is 0 Å². The summed E-state index contributed by atoms with van der Waals surface area (Å²) in [6, 6.07) is 5.80. The molecule has 0 saturated carbocycles. The third-order valence-electron chi connectivity index (χ3n) is 2.79. The lowest BCUT2D eigenvalue weighted by Gasteiger charge is -2.08. The Labute approximate surface area is 126 Å². The Balaban J connectivity index is 2.20. The molecule has 0 aliphatic carbocycles. The monoisotopic (exact) mass is 342 g/mol. The van der Waals surface area contributed by atoms with Crippen molar-refractivity contribution in [1.29, 1.82) is 0 Å². The van der Waals surface area contributed by atoms with Crippen LogP contribution in [-0.4, -0.2) is 11.5 Å². The van der Waals surface area contributed by atoms with Crippen LogP contribution in [0.2, 0.25) is 5.02 Å². The van der Waals surface area contributed by atoms with Gasteiger partial charge in [-0.3, -0.25) is 0 Å². The van der Waals surface area contributed by atoms with Crippen LogP contribution >= 0.6 is 27.5 Å². The normalized spacial score (nSPS) is 12.6. The summed E-state index contributed by atoms with van der Waals surface area (Å²) in [7, 11) is 0. The zero-order valence-corrected chi connectivity index (χ0v) is 13.3. The molecule has 102 valence electrons. The molecule has 0 aliphatic heterocycles. The Morgan fingerprint density at radius 2 is 2.26 bits per heavy atom. The minimum Gasteiger partial charge on any atom is -0.439 e. The van der Waals surface area contributed by atoms with Gasteiger partial charge in [-0.1, -0.05) is 34.5 Å². The molecule has 2 rings (SSSR count). The average Bonchev–Trinajstić information content (AvgIpc) is 2.85. The molecule has 0 radical (unpaired) electrons. The number of benzene rings is 1. The molecule has 5 heteroatoms. The maximum Gasteiger partial charge on any atom is 0.211 e. The number of halogens is 2. The van der Waals surface area contributed by atoms with Crippen molar-refractivity contribution in [1.82, 2.24) is 10.3 Å². The second kappa shape index (κ2) is 6.55. The predicted octanol–water partition coefficient (Wildman–Crippen LogP) is 4.82. The van der Waals surface area contributed by atoms with Crippen LogP contribution in [0.5, 0.6) is 0 Å². The van der Waals surface area contributed by atoms with Gasteiger partial charge >= 0.3 is 0 Å². The van der Waals surface area contributed by atoms with Gasteiger partial charge in [-0.25, -0.2) is 4.98 Å². The van der Waals surface area contributed by atoms with Crippen LogP contribution in [0.15, 0.2) is 33.3 Å². The molecule has 1 heterocycles. The van der Waals surface area contributed by atoms with E-state index >= 15 is 0 Å². The highest BCUT2D eigenvalue weighted by molar-refractivity contribution is 9.10. The summed E-state index contributed by atoms with van der Waals surface area (Å²) in [6.07, 6.45) is 2.80. The molecular weight excluding hydrogens is 328 g/mol. The van der Waals surface area contributed by atoms with Crippen molar-refractivity contribution in [3.63, 3.8) is 0 Å². The Kier molecular flexibility index (Phi) is 5.02. The molecule has 0 aliphatic rings.